The summed E-state index contributed by atoms with van der Waals surface area (Å²) in [6.07, 6.45) is 2.23. The molecule has 1 aliphatic carbocycles. The van der Waals surface area contributed by atoms with Crippen LogP contribution in [0.15, 0.2) is 24.3 Å². The third kappa shape index (κ3) is 3.57. The van der Waals surface area contributed by atoms with Gasteiger partial charge in [-0.2, -0.15) is 8.78 Å². The summed E-state index contributed by atoms with van der Waals surface area (Å²) < 4.78 is 33.9. The van der Waals surface area contributed by atoms with Crippen molar-refractivity contribution in [2.75, 3.05) is 11.9 Å². The number of halogens is 2. The topological polar surface area (TPSA) is 30.5 Å². The Balaban J connectivity index is 1.83. The quantitative estimate of drug-likeness (QED) is 0.848. The van der Waals surface area contributed by atoms with Gasteiger partial charge in [0.15, 0.2) is 0 Å². The summed E-state index contributed by atoms with van der Waals surface area (Å²) >= 11 is 0. The third-order valence-corrected chi connectivity index (χ3v) is 2.93. The summed E-state index contributed by atoms with van der Waals surface area (Å²) in [6, 6.07) is 6.98. The van der Waals surface area contributed by atoms with Gasteiger partial charge in [-0.3, -0.25) is 0 Å². The van der Waals surface area contributed by atoms with Gasteiger partial charge in [-0.15, -0.1) is 0 Å². The van der Waals surface area contributed by atoms with Crippen molar-refractivity contribution in [2.45, 2.75) is 38.5 Å². The van der Waals surface area contributed by atoms with Crippen LogP contribution in [0.1, 0.15) is 19.8 Å². The van der Waals surface area contributed by atoms with Gasteiger partial charge in [0.2, 0.25) is 0 Å². The molecule has 1 fully saturated rings. The zero-order valence-electron chi connectivity index (χ0n) is 10.2. The molecule has 0 aliphatic heterocycles. The molecule has 0 atom stereocenters. The lowest BCUT2D eigenvalue weighted by Crippen LogP contribution is -2.40. The molecule has 0 heterocycles. The molecule has 1 aliphatic rings. The second-order valence-electron chi connectivity index (χ2n) is 4.30. The average molecular weight is 257 g/mol. The first kappa shape index (κ1) is 13.1. The molecule has 0 unspecified atom stereocenters. The molecule has 1 saturated carbocycles. The van der Waals surface area contributed by atoms with Crippen molar-refractivity contribution in [2.24, 2.45) is 0 Å². The largest absolute Gasteiger partial charge is 0.435 e. The van der Waals surface area contributed by atoms with Crippen molar-refractivity contribution in [1.82, 2.24) is 0 Å². The maximum atomic E-state index is 12.1. The van der Waals surface area contributed by atoms with Crippen LogP contribution in [0.2, 0.25) is 0 Å². The molecule has 100 valence electrons. The van der Waals surface area contributed by atoms with Crippen LogP contribution in [0.5, 0.6) is 5.75 Å². The predicted molar refractivity (Wildman–Crippen MR) is 65.1 cm³/mol. The third-order valence-electron chi connectivity index (χ3n) is 2.93. The van der Waals surface area contributed by atoms with Gasteiger partial charge in [0.1, 0.15) is 5.75 Å². The van der Waals surface area contributed by atoms with Crippen molar-refractivity contribution < 1.29 is 18.3 Å². The van der Waals surface area contributed by atoms with E-state index >= 15 is 0 Å². The SMILES string of the molecule is CCOC1CC(Nc2cccc(OC(F)F)c2)C1. The molecule has 0 amide bonds. The van der Waals surface area contributed by atoms with Crippen molar-refractivity contribution in [3.05, 3.63) is 24.3 Å². The lowest BCUT2D eigenvalue weighted by atomic mass is 9.89. The normalized spacial score (nSPS) is 22.7. The molecule has 0 saturated heterocycles. The Kier molecular flexibility index (Phi) is 4.36. The van der Waals surface area contributed by atoms with Crippen LogP contribution in [0.3, 0.4) is 0 Å². The first-order chi connectivity index (χ1) is 8.67. The van der Waals surface area contributed by atoms with Gasteiger partial charge in [-0.05, 0) is 31.9 Å². The minimum atomic E-state index is -2.79. The van der Waals surface area contributed by atoms with E-state index in [1.54, 1.807) is 12.1 Å². The fourth-order valence-electron chi connectivity index (χ4n) is 2.05. The van der Waals surface area contributed by atoms with E-state index in [2.05, 4.69) is 10.1 Å². The van der Waals surface area contributed by atoms with Crippen molar-refractivity contribution in [3.63, 3.8) is 0 Å². The van der Waals surface area contributed by atoms with E-state index in [4.69, 9.17) is 4.74 Å². The second-order valence-corrected chi connectivity index (χ2v) is 4.30. The number of anilines is 1. The van der Waals surface area contributed by atoms with Gasteiger partial charge in [0.25, 0.3) is 0 Å². The van der Waals surface area contributed by atoms with Crippen LogP contribution in [0, 0.1) is 0 Å². The van der Waals surface area contributed by atoms with Crippen LogP contribution in [0.4, 0.5) is 14.5 Å². The van der Waals surface area contributed by atoms with E-state index in [0.29, 0.717) is 12.1 Å². The average Bonchev–Trinajstić information content (AvgIpc) is 2.26. The summed E-state index contributed by atoms with van der Waals surface area (Å²) in [6.45, 7) is -0.0765. The monoisotopic (exact) mass is 257 g/mol. The molecule has 0 bridgehead atoms. The molecule has 2 rings (SSSR count). The minimum Gasteiger partial charge on any atom is -0.435 e. The van der Waals surface area contributed by atoms with Crippen LogP contribution in [0.25, 0.3) is 0 Å². The van der Waals surface area contributed by atoms with Crippen molar-refractivity contribution in [1.29, 1.82) is 0 Å². The number of benzene rings is 1. The van der Waals surface area contributed by atoms with E-state index < -0.39 is 6.61 Å². The van der Waals surface area contributed by atoms with Gasteiger partial charge in [0.05, 0.1) is 6.10 Å². The summed E-state index contributed by atoms with van der Waals surface area (Å²) in [5.74, 6) is 0.177. The standard InChI is InChI=1S/C13H17F2NO2/c1-2-17-12-7-10(8-12)16-9-4-3-5-11(6-9)18-13(14)15/h3-6,10,12-13,16H,2,7-8H2,1H3. The molecule has 1 aromatic carbocycles. The fourth-order valence-corrected chi connectivity index (χ4v) is 2.05. The molecule has 0 radical (unpaired) electrons. The Morgan fingerprint density at radius 2 is 2.17 bits per heavy atom. The second kappa shape index (κ2) is 6.00. The Bertz CT molecular complexity index is 381. The number of rotatable bonds is 6. The Hall–Kier alpha value is -1.36. The number of hydrogen-bond acceptors (Lipinski definition) is 3. The van der Waals surface area contributed by atoms with Crippen LogP contribution in [-0.2, 0) is 4.74 Å². The van der Waals surface area contributed by atoms with Crippen molar-refractivity contribution in [3.8, 4) is 5.75 Å². The van der Waals surface area contributed by atoms with Gasteiger partial charge in [-0.25, -0.2) is 0 Å². The molecular weight excluding hydrogens is 240 g/mol. The molecule has 18 heavy (non-hydrogen) atoms. The van der Waals surface area contributed by atoms with Crippen molar-refractivity contribution >= 4 is 5.69 Å². The van der Waals surface area contributed by atoms with Gasteiger partial charge in [-0.1, -0.05) is 6.07 Å². The molecular formula is C13H17F2NO2. The van der Waals surface area contributed by atoms with E-state index in [1.165, 1.54) is 6.07 Å². The van der Waals surface area contributed by atoms with E-state index in [0.717, 1.165) is 25.1 Å². The summed E-state index contributed by atoms with van der Waals surface area (Å²) in [4.78, 5) is 0. The zero-order chi connectivity index (χ0) is 13.0. The van der Waals surface area contributed by atoms with Crippen LogP contribution in [-0.4, -0.2) is 25.4 Å². The molecule has 0 spiro atoms. The van der Waals surface area contributed by atoms with Crippen LogP contribution >= 0.6 is 0 Å². The summed E-state index contributed by atoms with van der Waals surface area (Å²) in [5, 5.41) is 3.28. The highest BCUT2D eigenvalue weighted by Gasteiger charge is 2.29. The Morgan fingerprint density at radius 1 is 1.39 bits per heavy atom. The van der Waals surface area contributed by atoms with E-state index in [9.17, 15) is 8.78 Å². The first-order valence-electron chi connectivity index (χ1n) is 6.10. The highest BCUT2D eigenvalue weighted by Crippen LogP contribution is 2.28. The van der Waals surface area contributed by atoms with Crippen LogP contribution < -0.4 is 10.1 Å². The highest BCUT2D eigenvalue weighted by atomic mass is 19.3. The maximum absolute atomic E-state index is 12.1. The minimum absolute atomic E-state index is 0.177. The van der Waals surface area contributed by atoms with E-state index in [1.807, 2.05) is 13.0 Å². The summed E-state index contributed by atoms with van der Waals surface area (Å²) in [7, 11) is 0. The highest BCUT2D eigenvalue weighted by molar-refractivity contribution is 5.49. The molecule has 1 aromatic rings. The first-order valence-corrected chi connectivity index (χ1v) is 6.10. The number of alkyl halides is 2. The lowest BCUT2D eigenvalue weighted by Gasteiger charge is -2.36. The Labute approximate surface area is 105 Å². The van der Waals surface area contributed by atoms with Gasteiger partial charge in [0, 0.05) is 24.4 Å². The Morgan fingerprint density at radius 3 is 2.83 bits per heavy atom. The summed E-state index contributed by atoms with van der Waals surface area (Å²) in [5.41, 5.74) is 0.799. The zero-order valence-corrected chi connectivity index (χ0v) is 10.2. The number of ether oxygens (including phenoxy) is 2. The molecule has 5 heteroatoms. The molecule has 1 N–H and O–H groups in total. The maximum Gasteiger partial charge on any atom is 0.387 e. The number of nitrogens with one attached hydrogen (secondary N) is 1. The lowest BCUT2D eigenvalue weighted by molar-refractivity contribution is -0.0498. The number of hydrogen-bond donors (Lipinski definition) is 1. The van der Waals surface area contributed by atoms with Gasteiger partial charge >= 0.3 is 6.61 Å². The van der Waals surface area contributed by atoms with E-state index in [-0.39, 0.29) is 5.75 Å². The molecule has 3 nitrogen and oxygen atoms in total. The smallest absolute Gasteiger partial charge is 0.387 e. The fraction of sp³-hybridized carbons (Fsp3) is 0.538. The molecule has 0 aromatic heterocycles. The predicted octanol–water partition coefficient (Wildman–Crippen LogP) is 3.27. The van der Waals surface area contributed by atoms with Gasteiger partial charge < -0.3 is 14.8 Å².